The number of anilines is 2. The number of likely N-dealkylation sites (tertiary alicyclic amines) is 1. The SMILES string of the molecule is CCCC(=O)OCN(C(=O)[C@@H](NC(=O)[C@H]1CCCCN1C)C(C)CC)[C@H](C[C@@H](OC(C)=O)c1nc(C(=O)C[C@@H](Cc2ccc(O)cc2)C[C@H](C)C(=O)NCC(=O)OCCSSCCNC(=O)CCOCCOCCOCCOCCOCCOCCOCCOCCOCCOCCOCCOCCNC(=O)CN(CCN(CC(=O)O)CC(=O)Nc2ccc(NS(=O)O)cc2)CC(=O)Cc2ccc(S(N)(=O)=O)cc2)cs1)C(C)C. The predicted octanol–water partition coefficient (Wildman–Crippen LogP) is 5.67. The first-order valence-corrected chi connectivity index (χ1v) is 56.2. The number of primary sulfonamides is 1. The minimum Gasteiger partial charge on any atom is -0.508 e. The Kier molecular flexibility index (Phi) is 68.5. The van der Waals surface area contributed by atoms with Crippen molar-refractivity contribution in [3.8, 4) is 5.75 Å². The van der Waals surface area contributed by atoms with Crippen LogP contribution in [0.1, 0.15) is 145 Å². The molecule has 6 amide bonds. The summed E-state index contributed by atoms with van der Waals surface area (Å²) < 4.78 is 130. The molecule has 3 aromatic carbocycles. The monoisotopic (exact) mass is 2200 g/mol. The molecule has 50 heteroatoms. The fourth-order valence-electron chi connectivity index (χ4n) is 15.0. The van der Waals surface area contributed by atoms with Gasteiger partial charge < -0.3 is 113 Å². The number of nitrogens with two attached hydrogens (primary N) is 1. The molecule has 0 bridgehead atoms. The standard InChI is InChI=1S/C99H156N12O33S5/c1-9-13-93(121)143-71-111(99(125)95(73(5)10-2)106-97(124)85-14-11-12-30-108(85)8)86(72(3)4)64-88(144-75(7)112)98-105-84(70-145-98)87(115)63-78(61-76-15-23-81(113)24-16-76)60-74(6)96(123)103-65-94(122)142-57-59-147-146-58-29-102-89(116)27-33-130-35-37-132-39-41-134-43-45-136-47-49-138-51-53-140-55-56-141-54-52-139-50-48-137-46-44-135-42-40-133-38-36-131-34-28-101-90(117)67-109(66-82(114)62-77-17-25-83(26-18-77)149(100,128)129)31-32-110(69-92(119)120)68-91(118)104-79-19-21-80(22-20-79)107-148(126)127/h15-26,70,72-74,78,85-86,88,95,107,113H,9-14,27-69,71H2,1-8H3,(H,101,117)(H,102,116)(H,103,123)(H,104,118)(H,106,124)(H,119,120)(H,126,127)(H2,100,128,129)/t73?,74-,78+,85+,86+,88+,95-/m0/s1. The highest BCUT2D eigenvalue weighted by Crippen LogP contribution is 2.34. The Labute approximate surface area is 888 Å². The molecule has 1 aliphatic heterocycles. The second kappa shape index (κ2) is 78.2. The van der Waals surface area contributed by atoms with E-state index < -0.39 is 118 Å². The van der Waals surface area contributed by atoms with Gasteiger partial charge in [-0.15, -0.1) is 11.3 Å². The molecule has 45 nitrogen and oxygen atoms in total. The Morgan fingerprint density at radius 1 is 0.591 bits per heavy atom. The summed E-state index contributed by atoms with van der Waals surface area (Å²) in [4.78, 5) is 170. The summed E-state index contributed by atoms with van der Waals surface area (Å²) in [5, 5.41) is 40.7. The van der Waals surface area contributed by atoms with Crippen molar-refractivity contribution < 1.29 is 156 Å². The van der Waals surface area contributed by atoms with Crippen molar-refractivity contribution in [2.75, 3.05) is 266 Å². The maximum Gasteiger partial charge on any atom is 0.325 e. The fraction of sp³-hybridized carbons (Fsp3) is 0.667. The van der Waals surface area contributed by atoms with Crippen LogP contribution in [-0.4, -0.2) is 397 Å². The van der Waals surface area contributed by atoms with Crippen LogP contribution in [-0.2, 0) is 158 Å². The molecule has 0 aliphatic carbocycles. The number of ether oxygens (including phenoxy) is 15. The number of carbonyl (C=O) groups is 12. The number of phenols is 1. The first-order valence-electron chi connectivity index (χ1n) is 50.2. The first-order chi connectivity index (χ1) is 71.6. The van der Waals surface area contributed by atoms with Gasteiger partial charge in [0.05, 0.1) is 196 Å². The number of aliphatic carboxylic acids is 1. The number of aromatic hydroxyl groups is 1. The minimum atomic E-state index is -3.96. The molecule has 4 aromatic rings. The van der Waals surface area contributed by atoms with Gasteiger partial charge in [0.2, 0.25) is 45.5 Å². The van der Waals surface area contributed by atoms with Gasteiger partial charge in [-0.25, -0.2) is 22.7 Å². The van der Waals surface area contributed by atoms with E-state index in [1.807, 2.05) is 46.6 Å². The third kappa shape index (κ3) is 60.3. The lowest BCUT2D eigenvalue weighted by molar-refractivity contribution is -0.160. The quantitative estimate of drug-likeness (QED) is 0.00484. The zero-order valence-electron chi connectivity index (χ0n) is 86.9. The number of carboxylic acid groups (broad SMARTS) is 1. The van der Waals surface area contributed by atoms with Crippen LogP contribution >= 0.6 is 32.9 Å². The Bertz CT molecular complexity index is 4680. The molecule has 2 heterocycles. The Hall–Kier alpha value is -8.95. The van der Waals surface area contributed by atoms with Gasteiger partial charge in [-0.3, -0.25) is 81.5 Å². The molecule has 1 aliphatic rings. The van der Waals surface area contributed by atoms with Crippen molar-refractivity contribution in [2.24, 2.45) is 28.8 Å². The van der Waals surface area contributed by atoms with Crippen LogP contribution in [0.4, 0.5) is 11.4 Å². The second-order valence-electron chi connectivity index (χ2n) is 35.4. The maximum absolute atomic E-state index is 15.0. The maximum atomic E-state index is 15.0. The summed E-state index contributed by atoms with van der Waals surface area (Å²) in [7, 11) is 0.897. The van der Waals surface area contributed by atoms with Crippen molar-refractivity contribution in [1.29, 1.82) is 0 Å². The molecular weight excluding hydrogens is 2050 g/mol. The average molecular weight is 2200 g/mol. The van der Waals surface area contributed by atoms with Gasteiger partial charge in [0.1, 0.15) is 35.6 Å². The van der Waals surface area contributed by atoms with Crippen LogP contribution in [0.2, 0.25) is 0 Å². The number of hydrogen-bond donors (Lipinski definition) is 10. The summed E-state index contributed by atoms with van der Waals surface area (Å²) in [5.41, 5.74) is 2.06. The van der Waals surface area contributed by atoms with E-state index in [4.69, 9.17) is 85.7 Å². The third-order valence-corrected chi connectivity index (χ3v) is 27.5. The lowest BCUT2D eigenvalue weighted by Crippen LogP contribution is -2.59. The normalized spacial score (nSPS) is 14.2. The fourth-order valence-corrected chi connectivity index (χ4v) is 18.4. The molecule has 840 valence electrons. The van der Waals surface area contributed by atoms with E-state index >= 15 is 4.79 Å². The van der Waals surface area contributed by atoms with Crippen molar-refractivity contribution in [3.05, 3.63) is 100 Å². The first kappa shape index (κ1) is 130. The molecule has 149 heavy (non-hydrogen) atoms. The number of Topliss-reactive ketones (excluding diaryl/α,β-unsaturated/α-hetero) is 2. The van der Waals surface area contributed by atoms with E-state index in [2.05, 4.69) is 31.3 Å². The molecule has 1 aromatic heterocycles. The highest BCUT2D eigenvalue weighted by Gasteiger charge is 2.40. The summed E-state index contributed by atoms with van der Waals surface area (Å²) in [6, 6.07) is 15.8. The molecule has 5 rings (SSSR count). The number of piperidine rings is 1. The number of rotatable bonds is 88. The van der Waals surface area contributed by atoms with Crippen molar-refractivity contribution >= 4 is 136 Å². The van der Waals surface area contributed by atoms with Crippen molar-refractivity contribution in [2.45, 2.75) is 155 Å². The molecule has 2 unspecified atom stereocenters. The lowest BCUT2D eigenvalue weighted by atomic mass is 9.85. The topological polar surface area (TPSA) is 579 Å². The second-order valence-corrected chi connectivity index (χ2v) is 41.2. The Balaban J connectivity index is 0.793. The number of carbonyl (C=O) groups excluding carboxylic acids is 11. The molecule has 1 saturated heterocycles. The van der Waals surface area contributed by atoms with Crippen LogP contribution in [0.15, 0.2) is 83.1 Å². The van der Waals surface area contributed by atoms with E-state index in [0.29, 0.717) is 198 Å². The number of amides is 6. The molecule has 8 atom stereocenters. The molecule has 11 N–H and O–H groups in total. The summed E-state index contributed by atoms with van der Waals surface area (Å²) >= 11 is -1.19. The summed E-state index contributed by atoms with van der Waals surface area (Å²) in [6.45, 7) is 19.9. The number of benzene rings is 3. The molecule has 1 fully saturated rings. The van der Waals surface area contributed by atoms with Gasteiger partial charge in [-0.05, 0) is 123 Å². The van der Waals surface area contributed by atoms with Gasteiger partial charge in [0.15, 0.2) is 24.4 Å². The zero-order chi connectivity index (χ0) is 109. The van der Waals surface area contributed by atoms with E-state index in [9.17, 15) is 75.6 Å². The highest BCUT2D eigenvalue weighted by molar-refractivity contribution is 8.76. The van der Waals surface area contributed by atoms with Gasteiger partial charge >= 0.3 is 23.9 Å². The summed E-state index contributed by atoms with van der Waals surface area (Å²) in [6.07, 6.45) is 3.23. The van der Waals surface area contributed by atoms with Gasteiger partial charge in [-0.2, -0.15) is 0 Å². The number of nitrogens with zero attached hydrogens (tertiary/aromatic N) is 5. The van der Waals surface area contributed by atoms with Gasteiger partial charge in [0, 0.05) is 105 Å². The summed E-state index contributed by atoms with van der Waals surface area (Å²) in [5.74, 6) is -6.56. The van der Waals surface area contributed by atoms with Crippen LogP contribution in [0.25, 0.3) is 0 Å². The van der Waals surface area contributed by atoms with Crippen molar-refractivity contribution in [1.82, 2.24) is 45.9 Å². The molecule has 0 radical (unpaired) electrons. The highest BCUT2D eigenvalue weighted by atomic mass is 33.1. The molecule has 0 saturated carbocycles. The Morgan fingerprint density at radius 2 is 1.11 bits per heavy atom. The minimum absolute atomic E-state index is 0.00372. The number of hydrogen-bond acceptors (Lipinski definition) is 38. The number of esters is 3. The van der Waals surface area contributed by atoms with Crippen LogP contribution in [0, 0.1) is 23.7 Å². The number of thiazole rings is 1. The van der Waals surface area contributed by atoms with Crippen LogP contribution in [0.3, 0.4) is 0 Å². The third-order valence-electron chi connectivity index (χ3n) is 22.9. The number of phenolic OH excluding ortho intramolecular Hbond substituents is 1. The largest absolute Gasteiger partial charge is 0.508 e. The number of ketones is 2. The Morgan fingerprint density at radius 3 is 1.62 bits per heavy atom. The smallest absolute Gasteiger partial charge is 0.325 e. The van der Waals surface area contributed by atoms with E-state index in [0.717, 1.165) is 36.3 Å². The van der Waals surface area contributed by atoms with E-state index in [1.54, 1.807) is 24.4 Å². The number of aromatic nitrogens is 1. The predicted molar refractivity (Wildman–Crippen MR) is 558 cm³/mol. The number of carboxylic acids is 1. The number of nitrogens with one attached hydrogen (secondary N) is 6. The van der Waals surface area contributed by atoms with Crippen LogP contribution < -0.4 is 36.4 Å². The average Bonchev–Trinajstić information content (AvgIpc) is 1.79. The van der Waals surface area contributed by atoms with E-state index in [1.165, 1.54) is 104 Å². The van der Waals surface area contributed by atoms with Gasteiger partial charge in [0.25, 0.3) is 11.3 Å². The van der Waals surface area contributed by atoms with Crippen LogP contribution in [0.5, 0.6) is 5.75 Å². The van der Waals surface area contributed by atoms with Crippen molar-refractivity contribution in [3.63, 3.8) is 0 Å². The van der Waals surface area contributed by atoms with Gasteiger partial charge in [-0.1, -0.05) is 100 Å². The molecule has 0 spiro atoms. The number of sulfonamides is 1. The lowest BCUT2D eigenvalue weighted by Gasteiger charge is -2.39. The number of likely N-dealkylation sites (N-methyl/N-ethyl adjacent to an activating group) is 1. The van der Waals surface area contributed by atoms with E-state index in [-0.39, 0.29) is 169 Å². The molecular formula is C99H156N12O33S5. The zero-order valence-corrected chi connectivity index (χ0v) is 91.0.